The van der Waals surface area contributed by atoms with Gasteiger partial charge in [0.2, 0.25) is 5.91 Å². The molecule has 27 heavy (non-hydrogen) atoms. The van der Waals surface area contributed by atoms with E-state index in [1.807, 2.05) is 86.6 Å². The van der Waals surface area contributed by atoms with Crippen LogP contribution in [0.1, 0.15) is 25.3 Å². The van der Waals surface area contributed by atoms with E-state index in [-0.39, 0.29) is 5.91 Å². The van der Waals surface area contributed by atoms with Gasteiger partial charge >= 0.3 is 0 Å². The first-order valence-electron chi connectivity index (χ1n) is 9.05. The van der Waals surface area contributed by atoms with Crippen molar-refractivity contribution in [1.82, 2.24) is 0 Å². The van der Waals surface area contributed by atoms with Gasteiger partial charge in [-0.3, -0.25) is 4.79 Å². The second kappa shape index (κ2) is 8.90. The maximum atomic E-state index is 11.6. The van der Waals surface area contributed by atoms with E-state index in [2.05, 4.69) is 5.32 Å². The van der Waals surface area contributed by atoms with Crippen LogP contribution in [0.2, 0.25) is 0 Å². The summed E-state index contributed by atoms with van der Waals surface area (Å²) in [5.41, 5.74) is 1.96. The molecule has 138 valence electrons. The molecule has 0 aromatic heterocycles. The minimum atomic E-state index is 0.0235. The fourth-order valence-corrected chi connectivity index (χ4v) is 2.51. The second-order valence-corrected chi connectivity index (χ2v) is 6.31. The van der Waals surface area contributed by atoms with Crippen LogP contribution < -0.4 is 14.8 Å². The van der Waals surface area contributed by atoms with Gasteiger partial charge in [-0.1, -0.05) is 24.6 Å². The minimum Gasteiger partial charge on any atom is -0.457 e. The Morgan fingerprint density at radius 2 is 1.15 bits per heavy atom. The van der Waals surface area contributed by atoms with Gasteiger partial charge in [0.15, 0.2) is 0 Å². The van der Waals surface area contributed by atoms with Crippen molar-refractivity contribution < 1.29 is 14.3 Å². The van der Waals surface area contributed by atoms with Crippen LogP contribution in [0.5, 0.6) is 23.0 Å². The predicted molar refractivity (Wildman–Crippen MR) is 108 cm³/mol. The van der Waals surface area contributed by atoms with E-state index in [1.165, 1.54) is 5.56 Å². The van der Waals surface area contributed by atoms with Crippen molar-refractivity contribution in [2.75, 3.05) is 5.32 Å². The number of amides is 1. The Bertz CT molecular complexity index is 869. The second-order valence-electron chi connectivity index (χ2n) is 6.31. The Hall–Kier alpha value is -3.27. The molecular formula is C23H23NO3. The molecule has 0 bridgehead atoms. The lowest BCUT2D eigenvalue weighted by atomic mass is 10.2. The number of hydrogen-bond donors (Lipinski definition) is 1. The number of aryl methyl sites for hydroxylation is 1. The standard InChI is InChI=1S/C23H23NO3/c1-3-4-23(25)24-18-7-11-20(12-8-18)27-22-15-13-21(14-16-22)26-19-9-5-17(2)6-10-19/h5-16H,3-4H2,1-2H3,(H,24,25). The Kier molecular flexibility index (Phi) is 6.10. The Morgan fingerprint density at radius 3 is 1.59 bits per heavy atom. The highest BCUT2D eigenvalue weighted by molar-refractivity contribution is 5.90. The molecule has 1 amide bonds. The van der Waals surface area contributed by atoms with Gasteiger partial charge in [0.1, 0.15) is 23.0 Å². The highest BCUT2D eigenvalue weighted by Crippen LogP contribution is 2.27. The first-order valence-corrected chi connectivity index (χ1v) is 9.05. The molecule has 0 heterocycles. The number of anilines is 1. The third-order valence-electron chi connectivity index (χ3n) is 3.93. The SMILES string of the molecule is CCCC(=O)Nc1ccc(Oc2ccc(Oc3ccc(C)cc3)cc2)cc1. The van der Waals surface area contributed by atoms with Crippen molar-refractivity contribution in [2.24, 2.45) is 0 Å². The van der Waals surface area contributed by atoms with Gasteiger partial charge in [-0.2, -0.15) is 0 Å². The minimum absolute atomic E-state index is 0.0235. The smallest absolute Gasteiger partial charge is 0.224 e. The van der Waals surface area contributed by atoms with Gasteiger partial charge in [-0.05, 0) is 74.0 Å². The first-order chi connectivity index (χ1) is 13.1. The number of benzene rings is 3. The van der Waals surface area contributed by atoms with Gasteiger partial charge in [-0.15, -0.1) is 0 Å². The van der Waals surface area contributed by atoms with Crippen LogP contribution in [0, 0.1) is 6.92 Å². The predicted octanol–water partition coefficient (Wildman–Crippen LogP) is 6.32. The molecule has 3 aromatic carbocycles. The number of ether oxygens (including phenoxy) is 2. The van der Waals surface area contributed by atoms with Crippen LogP contribution in [0.15, 0.2) is 72.8 Å². The fourth-order valence-electron chi connectivity index (χ4n) is 2.51. The molecule has 1 N–H and O–H groups in total. The van der Waals surface area contributed by atoms with Gasteiger partial charge in [0.25, 0.3) is 0 Å². The summed E-state index contributed by atoms with van der Waals surface area (Å²) in [5, 5.41) is 2.86. The van der Waals surface area contributed by atoms with Crippen molar-refractivity contribution >= 4 is 11.6 Å². The van der Waals surface area contributed by atoms with Crippen LogP contribution in [0.25, 0.3) is 0 Å². The molecule has 3 aromatic rings. The highest BCUT2D eigenvalue weighted by atomic mass is 16.5. The van der Waals surface area contributed by atoms with Crippen LogP contribution in [0.4, 0.5) is 5.69 Å². The maximum Gasteiger partial charge on any atom is 0.224 e. The number of rotatable bonds is 7. The molecule has 0 saturated carbocycles. The molecule has 0 aliphatic rings. The summed E-state index contributed by atoms with van der Waals surface area (Å²) in [4.78, 5) is 11.6. The lowest BCUT2D eigenvalue weighted by molar-refractivity contribution is -0.116. The third kappa shape index (κ3) is 5.61. The van der Waals surface area contributed by atoms with Gasteiger partial charge in [-0.25, -0.2) is 0 Å². The maximum absolute atomic E-state index is 11.6. The normalized spacial score (nSPS) is 10.3. The molecule has 4 heteroatoms. The molecule has 0 aliphatic carbocycles. The topological polar surface area (TPSA) is 47.6 Å². The van der Waals surface area contributed by atoms with Crippen LogP contribution in [-0.4, -0.2) is 5.91 Å². The van der Waals surface area contributed by atoms with Crippen molar-refractivity contribution in [2.45, 2.75) is 26.7 Å². The summed E-state index contributed by atoms with van der Waals surface area (Å²) in [7, 11) is 0. The van der Waals surface area contributed by atoms with Gasteiger partial charge < -0.3 is 14.8 Å². The lowest BCUT2D eigenvalue weighted by Crippen LogP contribution is -2.10. The number of hydrogen-bond acceptors (Lipinski definition) is 3. The van der Waals surface area contributed by atoms with E-state index in [0.717, 1.165) is 23.6 Å². The molecule has 0 unspecified atom stereocenters. The monoisotopic (exact) mass is 361 g/mol. The zero-order chi connectivity index (χ0) is 19.1. The summed E-state index contributed by atoms with van der Waals surface area (Å²) in [6, 6.07) is 22.7. The average molecular weight is 361 g/mol. The summed E-state index contributed by atoms with van der Waals surface area (Å²) in [6.07, 6.45) is 1.35. The van der Waals surface area contributed by atoms with Crippen molar-refractivity contribution in [1.29, 1.82) is 0 Å². The largest absolute Gasteiger partial charge is 0.457 e. The van der Waals surface area contributed by atoms with E-state index in [4.69, 9.17) is 9.47 Å². The van der Waals surface area contributed by atoms with Crippen molar-refractivity contribution in [3.05, 3.63) is 78.4 Å². The Labute approximate surface area is 159 Å². The highest BCUT2D eigenvalue weighted by Gasteiger charge is 2.03. The van der Waals surface area contributed by atoms with Crippen molar-refractivity contribution in [3.63, 3.8) is 0 Å². The average Bonchev–Trinajstić information content (AvgIpc) is 2.67. The lowest BCUT2D eigenvalue weighted by Gasteiger charge is -2.09. The third-order valence-corrected chi connectivity index (χ3v) is 3.93. The molecule has 3 rings (SSSR count). The fraction of sp³-hybridized carbons (Fsp3) is 0.174. The molecular weight excluding hydrogens is 338 g/mol. The molecule has 0 atom stereocenters. The van der Waals surface area contributed by atoms with Crippen molar-refractivity contribution in [3.8, 4) is 23.0 Å². The van der Waals surface area contributed by atoms with E-state index in [0.29, 0.717) is 17.9 Å². The van der Waals surface area contributed by atoms with E-state index in [9.17, 15) is 4.79 Å². The number of nitrogens with one attached hydrogen (secondary N) is 1. The summed E-state index contributed by atoms with van der Waals surface area (Å²) in [5.74, 6) is 3.00. The molecule has 0 aliphatic heterocycles. The van der Waals surface area contributed by atoms with Gasteiger partial charge in [0, 0.05) is 12.1 Å². The number of carbonyl (C=O) groups excluding carboxylic acids is 1. The first kappa shape index (κ1) is 18.5. The van der Waals surface area contributed by atoms with Crippen LogP contribution in [0.3, 0.4) is 0 Å². The van der Waals surface area contributed by atoms with E-state index >= 15 is 0 Å². The van der Waals surface area contributed by atoms with Gasteiger partial charge in [0.05, 0.1) is 0 Å². The van der Waals surface area contributed by atoms with E-state index in [1.54, 1.807) is 0 Å². The zero-order valence-electron chi connectivity index (χ0n) is 15.6. The quantitative estimate of drug-likeness (QED) is 0.536. The Balaban J connectivity index is 1.57. The summed E-state index contributed by atoms with van der Waals surface area (Å²) < 4.78 is 11.7. The zero-order valence-corrected chi connectivity index (χ0v) is 15.6. The molecule has 0 radical (unpaired) electrons. The molecule has 0 spiro atoms. The molecule has 4 nitrogen and oxygen atoms in total. The Morgan fingerprint density at radius 1 is 0.741 bits per heavy atom. The van der Waals surface area contributed by atoms with Crippen LogP contribution >= 0.6 is 0 Å². The van der Waals surface area contributed by atoms with Crippen LogP contribution in [-0.2, 0) is 4.79 Å². The molecule has 0 fully saturated rings. The van der Waals surface area contributed by atoms with E-state index < -0.39 is 0 Å². The molecule has 0 saturated heterocycles. The number of carbonyl (C=O) groups is 1. The summed E-state index contributed by atoms with van der Waals surface area (Å²) in [6.45, 7) is 4.02. The summed E-state index contributed by atoms with van der Waals surface area (Å²) >= 11 is 0.